The summed E-state index contributed by atoms with van der Waals surface area (Å²) in [6, 6.07) is 10.7. The number of hydrogen-bond acceptors (Lipinski definition) is 3. The molecule has 3 N–H and O–H groups in total. The summed E-state index contributed by atoms with van der Waals surface area (Å²) in [6.45, 7) is 6.32. The smallest absolute Gasteiger partial charge is 0.207 e. The Morgan fingerprint density at radius 3 is 2.39 bits per heavy atom. The molecule has 6 heteroatoms. The van der Waals surface area contributed by atoms with Crippen LogP contribution >= 0.6 is 0 Å². The van der Waals surface area contributed by atoms with Gasteiger partial charge in [0.25, 0.3) is 0 Å². The Hall–Kier alpha value is -2.31. The van der Waals surface area contributed by atoms with Gasteiger partial charge in [-0.05, 0) is 55.5 Å². The molecule has 0 unspecified atom stereocenters. The van der Waals surface area contributed by atoms with E-state index in [4.69, 9.17) is 0 Å². The Morgan fingerprint density at radius 2 is 1.79 bits per heavy atom. The monoisotopic (exact) mass is 390 g/mol. The number of amides is 1. The van der Waals surface area contributed by atoms with Gasteiger partial charge >= 0.3 is 0 Å². The van der Waals surface area contributed by atoms with Crippen LogP contribution in [0.5, 0.6) is 0 Å². The molecule has 152 valence electrons. The van der Waals surface area contributed by atoms with Crippen LogP contribution in [-0.2, 0) is 23.2 Å². The first kappa shape index (κ1) is 22.0. The molecule has 0 aliphatic carbocycles. The molecular weight excluding hydrogens is 362 g/mol. The minimum atomic E-state index is -0.940. The number of benzene rings is 2. The lowest BCUT2D eigenvalue weighted by atomic mass is 9.91. The summed E-state index contributed by atoms with van der Waals surface area (Å²) < 4.78 is 26.8. The Labute approximate surface area is 165 Å². The van der Waals surface area contributed by atoms with Gasteiger partial charge in [-0.15, -0.1) is 0 Å². The molecule has 0 saturated carbocycles. The molecule has 0 radical (unpaired) electrons. The zero-order valence-corrected chi connectivity index (χ0v) is 16.5. The fraction of sp³-hybridized carbons (Fsp3) is 0.409. The molecule has 0 heterocycles. The summed E-state index contributed by atoms with van der Waals surface area (Å²) in [5, 5.41) is 16.4. The second-order valence-corrected chi connectivity index (χ2v) is 7.50. The second-order valence-electron chi connectivity index (χ2n) is 7.50. The topological polar surface area (TPSA) is 61.4 Å². The summed E-state index contributed by atoms with van der Waals surface area (Å²) >= 11 is 0. The van der Waals surface area contributed by atoms with Crippen LogP contribution in [0.1, 0.15) is 37.5 Å². The quantitative estimate of drug-likeness (QED) is 0.547. The van der Waals surface area contributed by atoms with E-state index in [0.29, 0.717) is 12.0 Å². The van der Waals surface area contributed by atoms with Crippen LogP contribution in [0.4, 0.5) is 8.78 Å². The highest BCUT2D eigenvalue weighted by Gasteiger charge is 2.25. The fourth-order valence-electron chi connectivity index (χ4n) is 3.16. The van der Waals surface area contributed by atoms with E-state index < -0.39 is 29.3 Å². The molecule has 1 amide bonds. The van der Waals surface area contributed by atoms with Crippen LogP contribution in [0.15, 0.2) is 42.5 Å². The van der Waals surface area contributed by atoms with Gasteiger partial charge in [0.1, 0.15) is 11.6 Å². The molecule has 0 spiro atoms. The fourth-order valence-corrected chi connectivity index (χ4v) is 3.16. The van der Waals surface area contributed by atoms with E-state index in [-0.39, 0.29) is 13.0 Å². The Bertz CT molecular complexity index is 776. The molecule has 0 aromatic heterocycles. The van der Waals surface area contributed by atoms with E-state index in [1.165, 1.54) is 17.7 Å². The summed E-state index contributed by atoms with van der Waals surface area (Å²) in [4.78, 5) is 10.9. The predicted octanol–water partition coefficient (Wildman–Crippen LogP) is 3.07. The Morgan fingerprint density at radius 1 is 1.11 bits per heavy atom. The van der Waals surface area contributed by atoms with Gasteiger partial charge in [0.2, 0.25) is 6.41 Å². The van der Waals surface area contributed by atoms with Gasteiger partial charge in [0.15, 0.2) is 0 Å². The van der Waals surface area contributed by atoms with Crippen molar-refractivity contribution in [1.82, 2.24) is 10.6 Å². The molecule has 0 aliphatic heterocycles. The van der Waals surface area contributed by atoms with Gasteiger partial charge in [0.05, 0.1) is 12.1 Å². The average Bonchev–Trinajstić information content (AvgIpc) is 2.65. The largest absolute Gasteiger partial charge is 0.390 e. The van der Waals surface area contributed by atoms with Crippen LogP contribution in [0.25, 0.3) is 0 Å². The van der Waals surface area contributed by atoms with Crippen molar-refractivity contribution in [3.8, 4) is 0 Å². The van der Waals surface area contributed by atoms with Crippen molar-refractivity contribution in [2.45, 2.75) is 51.3 Å². The van der Waals surface area contributed by atoms with Crippen molar-refractivity contribution >= 4 is 6.41 Å². The number of rotatable bonds is 10. The third-order valence-corrected chi connectivity index (χ3v) is 4.93. The molecular formula is C22H28F2N2O2. The highest BCUT2D eigenvalue weighted by molar-refractivity contribution is 5.47. The van der Waals surface area contributed by atoms with Gasteiger partial charge in [-0.2, -0.15) is 0 Å². The number of halogens is 2. The summed E-state index contributed by atoms with van der Waals surface area (Å²) in [5.41, 5.74) is 2.28. The van der Waals surface area contributed by atoms with E-state index in [9.17, 15) is 18.7 Å². The van der Waals surface area contributed by atoms with Gasteiger partial charge in [-0.1, -0.05) is 31.2 Å². The molecule has 28 heavy (non-hydrogen) atoms. The van der Waals surface area contributed by atoms with Crippen LogP contribution in [0.2, 0.25) is 0 Å². The van der Waals surface area contributed by atoms with Crippen molar-refractivity contribution in [3.63, 3.8) is 0 Å². The molecule has 0 bridgehead atoms. The van der Waals surface area contributed by atoms with Gasteiger partial charge < -0.3 is 15.7 Å². The van der Waals surface area contributed by atoms with Crippen molar-refractivity contribution in [2.24, 2.45) is 0 Å². The standard InChI is InChI=1S/C22H28F2N2O2/c1-4-15-6-5-7-17(8-15)22(2,3)26-13-21(28)20(25-14-27)11-16-9-18(23)12-19(24)10-16/h5-10,12,14,20-21,26,28H,4,11,13H2,1-3H3,(H,25,27)/t20-,21-/m0/s1. The van der Waals surface area contributed by atoms with Crippen LogP contribution < -0.4 is 10.6 Å². The number of carbonyl (C=O) groups excluding carboxylic acids is 1. The maximum Gasteiger partial charge on any atom is 0.207 e. The van der Waals surface area contributed by atoms with Gasteiger partial charge in [-0.25, -0.2) is 8.78 Å². The van der Waals surface area contributed by atoms with E-state index >= 15 is 0 Å². The Kier molecular flexibility index (Phi) is 7.66. The second kappa shape index (κ2) is 9.75. The summed E-state index contributed by atoms with van der Waals surface area (Å²) in [6.07, 6.45) is 0.592. The summed E-state index contributed by atoms with van der Waals surface area (Å²) in [5.74, 6) is -1.38. The minimum absolute atomic E-state index is 0.113. The van der Waals surface area contributed by atoms with Crippen molar-refractivity contribution in [3.05, 3.63) is 70.8 Å². The molecule has 4 nitrogen and oxygen atoms in total. The van der Waals surface area contributed by atoms with Crippen molar-refractivity contribution in [2.75, 3.05) is 6.54 Å². The third kappa shape index (κ3) is 6.11. The number of aryl methyl sites for hydroxylation is 1. The van der Waals surface area contributed by atoms with E-state index in [0.717, 1.165) is 18.1 Å². The molecule has 2 atom stereocenters. The highest BCUT2D eigenvalue weighted by atomic mass is 19.1. The molecule has 2 aromatic carbocycles. The summed E-state index contributed by atoms with van der Waals surface area (Å²) in [7, 11) is 0. The molecule has 2 rings (SSSR count). The number of hydrogen-bond donors (Lipinski definition) is 3. The lowest BCUT2D eigenvalue weighted by molar-refractivity contribution is -0.110. The molecule has 2 aromatic rings. The van der Waals surface area contributed by atoms with E-state index in [2.05, 4.69) is 29.7 Å². The third-order valence-electron chi connectivity index (χ3n) is 4.93. The number of nitrogens with one attached hydrogen (secondary N) is 2. The molecule has 0 saturated heterocycles. The van der Waals surface area contributed by atoms with Crippen LogP contribution in [-0.4, -0.2) is 30.2 Å². The number of aliphatic hydroxyl groups excluding tert-OH is 1. The zero-order chi connectivity index (χ0) is 20.7. The highest BCUT2D eigenvalue weighted by Crippen LogP contribution is 2.21. The van der Waals surface area contributed by atoms with Crippen molar-refractivity contribution in [1.29, 1.82) is 0 Å². The number of carbonyl (C=O) groups is 1. The SMILES string of the molecule is CCc1cccc(C(C)(C)NC[C@H](O)[C@H](Cc2cc(F)cc(F)c2)NC=O)c1. The zero-order valence-electron chi connectivity index (χ0n) is 16.5. The van der Waals surface area contributed by atoms with E-state index in [1.807, 2.05) is 26.0 Å². The predicted molar refractivity (Wildman–Crippen MR) is 106 cm³/mol. The van der Waals surface area contributed by atoms with Gasteiger partial charge in [-0.3, -0.25) is 4.79 Å². The van der Waals surface area contributed by atoms with Crippen molar-refractivity contribution < 1.29 is 18.7 Å². The van der Waals surface area contributed by atoms with Gasteiger partial charge in [0, 0.05) is 18.2 Å². The Balaban J connectivity index is 2.06. The van der Waals surface area contributed by atoms with E-state index in [1.54, 1.807) is 0 Å². The molecule has 0 fully saturated rings. The first-order valence-electron chi connectivity index (χ1n) is 9.42. The van der Waals surface area contributed by atoms with Crippen LogP contribution in [0.3, 0.4) is 0 Å². The first-order valence-corrected chi connectivity index (χ1v) is 9.42. The lowest BCUT2D eigenvalue weighted by Crippen LogP contribution is -2.49. The minimum Gasteiger partial charge on any atom is -0.390 e. The number of aliphatic hydroxyl groups is 1. The maximum atomic E-state index is 13.4. The first-order chi connectivity index (χ1) is 13.2. The molecule has 0 aliphatic rings. The van der Waals surface area contributed by atoms with Crippen LogP contribution in [0, 0.1) is 11.6 Å². The normalized spacial score (nSPS) is 13.8. The maximum absolute atomic E-state index is 13.4. The average molecular weight is 390 g/mol. The lowest BCUT2D eigenvalue weighted by Gasteiger charge is -2.31.